The van der Waals surface area contributed by atoms with Gasteiger partial charge in [0.25, 0.3) is 0 Å². The van der Waals surface area contributed by atoms with Crippen molar-refractivity contribution >= 4 is 34.0 Å². The molecule has 2 amide bonds. The number of hydrogen-bond donors (Lipinski definition) is 3. The second-order valence-corrected chi connectivity index (χ2v) is 6.90. The van der Waals surface area contributed by atoms with Crippen LogP contribution in [0.15, 0.2) is 52.0 Å². The molecular weight excluding hydrogens is 398 g/mol. The molecule has 0 bridgehead atoms. The number of hydrogen-bond acceptors (Lipinski definition) is 4. The quantitative estimate of drug-likeness (QED) is 0.396. The van der Waals surface area contributed by atoms with Gasteiger partial charge in [0.05, 0.1) is 6.21 Å². The molecule has 0 aliphatic heterocycles. The molecule has 0 saturated carbocycles. The van der Waals surface area contributed by atoms with Gasteiger partial charge in [-0.3, -0.25) is 9.59 Å². The number of carbonyl (C=O) groups is 2. The topological polar surface area (TPSA) is 90.8 Å². The van der Waals surface area contributed by atoms with Gasteiger partial charge in [0.1, 0.15) is 5.75 Å². The smallest absolute Gasteiger partial charge is 0.329 e. The van der Waals surface area contributed by atoms with Crippen LogP contribution in [0.2, 0.25) is 0 Å². The summed E-state index contributed by atoms with van der Waals surface area (Å²) in [7, 11) is 0. The Kier molecular flexibility index (Phi) is 6.91. The fourth-order valence-corrected chi connectivity index (χ4v) is 2.50. The maximum atomic E-state index is 11.8. The van der Waals surface area contributed by atoms with Crippen molar-refractivity contribution in [3.8, 4) is 5.75 Å². The van der Waals surface area contributed by atoms with Crippen LogP contribution < -0.4 is 10.7 Å². The lowest BCUT2D eigenvalue weighted by Crippen LogP contribution is -2.37. The summed E-state index contributed by atoms with van der Waals surface area (Å²) in [6.07, 6.45) is 1.26. The predicted molar refractivity (Wildman–Crippen MR) is 104 cm³/mol. The van der Waals surface area contributed by atoms with Crippen molar-refractivity contribution in [2.75, 3.05) is 0 Å². The van der Waals surface area contributed by atoms with Gasteiger partial charge in [-0.2, -0.15) is 5.10 Å². The summed E-state index contributed by atoms with van der Waals surface area (Å²) in [5, 5.41) is 15.9. The Morgan fingerprint density at radius 2 is 1.85 bits per heavy atom. The lowest BCUT2D eigenvalue weighted by molar-refractivity contribution is -0.139. The molecular formula is C19H20BrN3O3. The molecule has 0 aromatic heterocycles. The Balaban J connectivity index is 1.84. The van der Waals surface area contributed by atoms with E-state index in [-0.39, 0.29) is 12.3 Å². The minimum Gasteiger partial charge on any atom is -0.507 e. The molecule has 3 N–H and O–H groups in total. The van der Waals surface area contributed by atoms with E-state index >= 15 is 0 Å². The molecule has 0 aliphatic carbocycles. The summed E-state index contributed by atoms with van der Waals surface area (Å²) < 4.78 is 0.754. The van der Waals surface area contributed by atoms with Crippen LogP contribution >= 0.6 is 15.9 Å². The van der Waals surface area contributed by atoms with E-state index in [0.29, 0.717) is 11.5 Å². The third kappa shape index (κ3) is 5.70. The van der Waals surface area contributed by atoms with Gasteiger partial charge in [0.2, 0.25) is 0 Å². The molecule has 2 aromatic carbocycles. The standard InChI is InChI=1S/C19H20BrN3O3/c1-12(2)14-5-3-13(4-6-14)10-21-18(25)19(26)23-22-11-15-9-16(20)7-8-17(15)24/h3-9,11-12,24H,10H2,1-2H3,(H,21,25)(H,23,26)/b22-11+. The molecule has 26 heavy (non-hydrogen) atoms. The Hall–Kier alpha value is -2.67. The number of nitrogens with one attached hydrogen (secondary N) is 2. The van der Waals surface area contributed by atoms with Crippen LogP contribution in [-0.4, -0.2) is 23.1 Å². The zero-order valence-electron chi connectivity index (χ0n) is 14.5. The SMILES string of the molecule is CC(C)c1ccc(CNC(=O)C(=O)N/N=C/c2cc(Br)ccc2O)cc1. The fourth-order valence-electron chi connectivity index (χ4n) is 2.12. The van der Waals surface area contributed by atoms with E-state index in [1.807, 2.05) is 24.3 Å². The second-order valence-electron chi connectivity index (χ2n) is 5.98. The summed E-state index contributed by atoms with van der Waals surface area (Å²) in [4.78, 5) is 23.5. The van der Waals surface area contributed by atoms with E-state index in [9.17, 15) is 14.7 Å². The summed E-state index contributed by atoms with van der Waals surface area (Å²) in [5.41, 5.74) is 4.65. The highest BCUT2D eigenvalue weighted by atomic mass is 79.9. The van der Waals surface area contributed by atoms with Gasteiger partial charge < -0.3 is 10.4 Å². The lowest BCUT2D eigenvalue weighted by atomic mass is 10.0. The number of nitrogens with zero attached hydrogens (tertiary/aromatic N) is 1. The van der Waals surface area contributed by atoms with Gasteiger partial charge in [0, 0.05) is 16.6 Å². The highest BCUT2D eigenvalue weighted by Gasteiger charge is 2.12. The number of benzene rings is 2. The van der Waals surface area contributed by atoms with Gasteiger partial charge >= 0.3 is 11.8 Å². The Bertz CT molecular complexity index is 817. The first kappa shape index (κ1) is 19.7. The van der Waals surface area contributed by atoms with Gasteiger partial charge in [-0.25, -0.2) is 5.43 Å². The maximum Gasteiger partial charge on any atom is 0.329 e. The van der Waals surface area contributed by atoms with Crippen molar-refractivity contribution in [2.24, 2.45) is 5.10 Å². The number of hydrazone groups is 1. The third-order valence-electron chi connectivity index (χ3n) is 3.66. The summed E-state index contributed by atoms with van der Waals surface area (Å²) in [6.45, 7) is 4.46. The normalized spacial score (nSPS) is 10.9. The van der Waals surface area contributed by atoms with Gasteiger partial charge in [-0.05, 0) is 35.2 Å². The first-order valence-corrected chi connectivity index (χ1v) is 8.84. The summed E-state index contributed by atoms with van der Waals surface area (Å²) in [5.74, 6) is -1.21. The maximum absolute atomic E-state index is 11.8. The molecule has 0 heterocycles. The molecule has 2 aromatic rings. The Labute approximate surface area is 160 Å². The minimum absolute atomic E-state index is 0.0143. The molecule has 2 rings (SSSR count). The van der Waals surface area contributed by atoms with Crippen molar-refractivity contribution < 1.29 is 14.7 Å². The molecule has 0 radical (unpaired) electrons. The molecule has 136 valence electrons. The monoisotopic (exact) mass is 417 g/mol. The number of aromatic hydroxyl groups is 1. The van der Waals surface area contributed by atoms with E-state index in [1.165, 1.54) is 17.8 Å². The number of rotatable bonds is 5. The van der Waals surface area contributed by atoms with Crippen molar-refractivity contribution in [1.82, 2.24) is 10.7 Å². The summed E-state index contributed by atoms with van der Waals surface area (Å²) >= 11 is 3.27. The molecule has 0 saturated heterocycles. The van der Waals surface area contributed by atoms with Crippen molar-refractivity contribution in [2.45, 2.75) is 26.3 Å². The predicted octanol–water partition coefficient (Wildman–Crippen LogP) is 3.04. The zero-order chi connectivity index (χ0) is 19.1. The molecule has 0 aliphatic rings. The van der Waals surface area contributed by atoms with Gasteiger partial charge in [0.15, 0.2) is 0 Å². The minimum atomic E-state index is -0.880. The first-order valence-electron chi connectivity index (χ1n) is 8.05. The average molecular weight is 418 g/mol. The molecule has 0 unspecified atom stereocenters. The molecule has 7 heteroatoms. The van der Waals surface area contributed by atoms with Crippen molar-refractivity contribution in [3.63, 3.8) is 0 Å². The van der Waals surface area contributed by atoms with Crippen LogP contribution in [0.4, 0.5) is 0 Å². The summed E-state index contributed by atoms with van der Waals surface area (Å²) in [6, 6.07) is 12.6. The molecule has 0 fully saturated rings. The van der Waals surface area contributed by atoms with E-state index in [4.69, 9.17) is 0 Å². The first-order chi connectivity index (χ1) is 12.4. The van der Waals surface area contributed by atoms with Gasteiger partial charge in [-0.15, -0.1) is 0 Å². The van der Waals surface area contributed by atoms with Crippen LogP contribution in [0.5, 0.6) is 5.75 Å². The van der Waals surface area contributed by atoms with Crippen LogP contribution in [-0.2, 0) is 16.1 Å². The van der Waals surface area contributed by atoms with Crippen LogP contribution in [0.1, 0.15) is 36.5 Å². The number of phenolic OH excluding ortho intramolecular Hbond substituents is 1. The fraction of sp³-hybridized carbons (Fsp3) is 0.211. The molecule has 0 atom stereocenters. The number of phenols is 1. The zero-order valence-corrected chi connectivity index (χ0v) is 16.1. The second kappa shape index (κ2) is 9.15. The van der Waals surface area contributed by atoms with E-state index in [2.05, 4.69) is 45.6 Å². The number of halogens is 1. The van der Waals surface area contributed by atoms with E-state index < -0.39 is 11.8 Å². The lowest BCUT2D eigenvalue weighted by Gasteiger charge is -2.07. The average Bonchev–Trinajstić information content (AvgIpc) is 2.62. The van der Waals surface area contributed by atoms with Crippen molar-refractivity contribution in [1.29, 1.82) is 0 Å². The molecule has 6 nitrogen and oxygen atoms in total. The van der Waals surface area contributed by atoms with Crippen LogP contribution in [0.3, 0.4) is 0 Å². The van der Waals surface area contributed by atoms with E-state index in [1.54, 1.807) is 12.1 Å². The van der Waals surface area contributed by atoms with Gasteiger partial charge in [-0.1, -0.05) is 54.0 Å². The third-order valence-corrected chi connectivity index (χ3v) is 4.16. The van der Waals surface area contributed by atoms with Crippen LogP contribution in [0, 0.1) is 0 Å². The number of carbonyl (C=O) groups excluding carboxylic acids is 2. The number of amides is 2. The largest absolute Gasteiger partial charge is 0.507 e. The van der Waals surface area contributed by atoms with Crippen LogP contribution in [0.25, 0.3) is 0 Å². The highest BCUT2D eigenvalue weighted by molar-refractivity contribution is 9.10. The van der Waals surface area contributed by atoms with E-state index in [0.717, 1.165) is 10.0 Å². The highest BCUT2D eigenvalue weighted by Crippen LogP contribution is 2.19. The molecule has 0 spiro atoms. The Morgan fingerprint density at radius 1 is 1.15 bits per heavy atom. The van der Waals surface area contributed by atoms with Crippen molar-refractivity contribution in [3.05, 3.63) is 63.6 Å². The Morgan fingerprint density at radius 3 is 2.50 bits per heavy atom.